The summed E-state index contributed by atoms with van der Waals surface area (Å²) in [4.78, 5) is 24.6. The normalized spacial score (nSPS) is 14.2. The van der Waals surface area contributed by atoms with Crippen LogP contribution in [0.5, 0.6) is 11.5 Å². The third-order valence-corrected chi connectivity index (χ3v) is 5.19. The van der Waals surface area contributed by atoms with E-state index in [2.05, 4.69) is 16.0 Å². The van der Waals surface area contributed by atoms with Crippen LogP contribution in [0, 0.1) is 6.92 Å². The van der Waals surface area contributed by atoms with Gasteiger partial charge in [0.1, 0.15) is 11.5 Å². The molecule has 154 valence electrons. The van der Waals surface area contributed by atoms with Gasteiger partial charge in [-0.2, -0.15) is 0 Å². The summed E-state index contributed by atoms with van der Waals surface area (Å²) in [6.07, 6.45) is 0. The van der Waals surface area contributed by atoms with Gasteiger partial charge in [-0.05, 0) is 50.1 Å². The van der Waals surface area contributed by atoms with Crippen molar-refractivity contribution in [3.8, 4) is 11.5 Å². The lowest BCUT2D eigenvalue weighted by molar-refractivity contribution is -0.119. The van der Waals surface area contributed by atoms with Crippen molar-refractivity contribution in [3.63, 3.8) is 0 Å². The highest BCUT2D eigenvalue weighted by molar-refractivity contribution is 6.07. The molecule has 0 saturated carbocycles. The molecule has 1 aliphatic heterocycles. The van der Waals surface area contributed by atoms with E-state index in [1.165, 1.54) is 0 Å². The third kappa shape index (κ3) is 4.19. The molecule has 2 aromatic carbocycles. The fourth-order valence-corrected chi connectivity index (χ4v) is 3.42. The minimum Gasteiger partial charge on any atom is -0.497 e. The molecular formula is C22H27N3O4. The van der Waals surface area contributed by atoms with Crippen molar-refractivity contribution >= 4 is 23.2 Å². The van der Waals surface area contributed by atoms with Gasteiger partial charge in [0.15, 0.2) is 0 Å². The number of benzene rings is 2. The van der Waals surface area contributed by atoms with E-state index in [4.69, 9.17) is 9.47 Å². The number of carbonyl (C=O) groups excluding carboxylic acids is 2. The number of methoxy groups -OCH3 is 2. The van der Waals surface area contributed by atoms with Gasteiger partial charge in [0.25, 0.3) is 0 Å². The number of carbonyl (C=O) groups is 2. The molecule has 1 heterocycles. The molecule has 0 atom stereocenters. The molecule has 3 rings (SSSR count). The van der Waals surface area contributed by atoms with Gasteiger partial charge in [-0.1, -0.05) is 6.07 Å². The van der Waals surface area contributed by atoms with Gasteiger partial charge < -0.3 is 25.4 Å². The van der Waals surface area contributed by atoms with Crippen molar-refractivity contribution in [2.45, 2.75) is 32.7 Å². The zero-order valence-corrected chi connectivity index (χ0v) is 17.4. The summed E-state index contributed by atoms with van der Waals surface area (Å²) in [5, 5.41) is 8.95. The van der Waals surface area contributed by atoms with Gasteiger partial charge in [0.2, 0.25) is 11.8 Å². The third-order valence-electron chi connectivity index (χ3n) is 5.19. The molecule has 0 saturated heterocycles. The molecule has 2 aromatic rings. The Hall–Kier alpha value is -3.06. The predicted octanol–water partition coefficient (Wildman–Crippen LogP) is 2.97. The van der Waals surface area contributed by atoms with Gasteiger partial charge in [-0.25, -0.2) is 0 Å². The highest BCUT2D eigenvalue weighted by Crippen LogP contribution is 2.41. The number of nitrogens with one attached hydrogen (secondary N) is 3. The van der Waals surface area contributed by atoms with Crippen LogP contribution in [0.4, 0.5) is 11.4 Å². The van der Waals surface area contributed by atoms with Crippen LogP contribution in [0.25, 0.3) is 0 Å². The number of hydrogen-bond donors (Lipinski definition) is 3. The molecule has 0 aromatic heterocycles. The van der Waals surface area contributed by atoms with Crippen molar-refractivity contribution in [1.29, 1.82) is 0 Å². The van der Waals surface area contributed by atoms with E-state index in [9.17, 15) is 9.59 Å². The van der Waals surface area contributed by atoms with E-state index >= 15 is 0 Å². The molecule has 0 radical (unpaired) electrons. The van der Waals surface area contributed by atoms with Crippen molar-refractivity contribution in [3.05, 3.63) is 47.0 Å². The Morgan fingerprint density at radius 3 is 2.59 bits per heavy atom. The Morgan fingerprint density at radius 2 is 1.90 bits per heavy atom. The molecular weight excluding hydrogens is 370 g/mol. The smallest absolute Gasteiger partial charge is 0.238 e. The number of fused-ring (bicyclic) bond motifs is 1. The summed E-state index contributed by atoms with van der Waals surface area (Å²) in [5.74, 6) is 1.22. The lowest BCUT2D eigenvalue weighted by Gasteiger charge is -2.17. The first kappa shape index (κ1) is 20.7. The first-order chi connectivity index (χ1) is 13.8. The second-order valence-electron chi connectivity index (χ2n) is 7.62. The second-order valence-corrected chi connectivity index (χ2v) is 7.62. The van der Waals surface area contributed by atoms with Gasteiger partial charge >= 0.3 is 0 Å². The highest BCUT2D eigenvalue weighted by Gasteiger charge is 2.39. The van der Waals surface area contributed by atoms with E-state index in [1.54, 1.807) is 14.2 Å². The maximum absolute atomic E-state index is 12.4. The molecule has 1 aliphatic rings. The Kier molecular flexibility index (Phi) is 5.79. The molecule has 3 N–H and O–H groups in total. The Morgan fingerprint density at radius 1 is 1.14 bits per heavy atom. The standard InChI is InChI=1S/C22H27N3O4/c1-13-8-15(9-17-20(13)25-21(27)22(17,2)3)24-19(26)12-23-11-14-6-7-16(28-4)10-18(14)29-5/h6-10,23H,11-12H2,1-5H3,(H,24,26)(H,25,27). The van der Waals surface area contributed by atoms with Crippen LogP contribution >= 0.6 is 0 Å². The highest BCUT2D eigenvalue weighted by atomic mass is 16.5. The molecule has 0 fully saturated rings. The predicted molar refractivity (Wildman–Crippen MR) is 113 cm³/mol. The lowest BCUT2D eigenvalue weighted by atomic mass is 9.85. The minimum absolute atomic E-state index is 0.0332. The van der Waals surface area contributed by atoms with Crippen molar-refractivity contribution in [1.82, 2.24) is 5.32 Å². The molecule has 7 heteroatoms. The van der Waals surface area contributed by atoms with Crippen molar-refractivity contribution in [2.75, 3.05) is 31.4 Å². The average Bonchev–Trinajstić information content (AvgIpc) is 2.92. The number of rotatable bonds is 7. The number of ether oxygens (including phenoxy) is 2. The van der Waals surface area contributed by atoms with E-state index in [0.717, 1.165) is 22.4 Å². The fourth-order valence-electron chi connectivity index (χ4n) is 3.42. The van der Waals surface area contributed by atoms with E-state index in [0.29, 0.717) is 23.7 Å². The van der Waals surface area contributed by atoms with Crippen LogP contribution in [-0.2, 0) is 21.5 Å². The second kappa shape index (κ2) is 8.13. The van der Waals surface area contributed by atoms with Crippen LogP contribution in [0.3, 0.4) is 0 Å². The average molecular weight is 397 g/mol. The summed E-state index contributed by atoms with van der Waals surface area (Å²) in [6, 6.07) is 9.29. The van der Waals surface area contributed by atoms with Crippen molar-refractivity contribution in [2.24, 2.45) is 0 Å². The summed E-state index contributed by atoms with van der Waals surface area (Å²) in [6.45, 7) is 6.30. The number of aryl methyl sites for hydroxylation is 1. The first-order valence-corrected chi connectivity index (χ1v) is 9.44. The topological polar surface area (TPSA) is 88.7 Å². The van der Waals surface area contributed by atoms with Gasteiger partial charge in [0.05, 0.1) is 26.2 Å². The van der Waals surface area contributed by atoms with Crippen LogP contribution in [-0.4, -0.2) is 32.6 Å². The molecule has 0 aliphatic carbocycles. The summed E-state index contributed by atoms with van der Waals surface area (Å²) < 4.78 is 10.6. The number of hydrogen-bond acceptors (Lipinski definition) is 5. The molecule has 0 unspecified atom stereocenters. The van der Waals surface area contributed by atoms with Crippen LogP contribution < -0.4 is 25.4 Å². The number of amides is 2. The fraction of sp³-hybridized carbons (Fsp3) is 0.364. The Balaban J connectivity index is 1.62. The monoisotopic (exact) mass is 397 g/mol. The zero-order chi connectivity index (χ0) is 21.2. The minimum atomic E-state index is -0.621. The Labute approximate surface area is 170 Å². The maximum Gasteiger partial charge on any atom is 0.238 e. The quantitative estimate of drug-likeness (QED) is 0.668. The number of anilines is 2. The van der Waals surface area contributed by atoms with Crippen LogP contribution in [0.15, 0.2) is 30.3 Å². The Bertz CT molecular complexity index is 953. The lowest BCUT2D eigenvalue weighted by Crippen LogP contribution is -2.28. The SMILES string of the molecule is COc1ccc(CNCC(=O)Nc2cc(C)c3c(c2)C(C)(C)C(=O)N3)c(OC)c1. The van der Waals surface area contributed by atoms with E-state index in [1.807, 2.05) is 51.1 Å². The summed E-state index contributed by atoms with van der Waals surface area (Å²) >= 11 is 0. The van der Waals surface area contributed by atoms with Gasteiger partial charge in [-0.15, -0.1) is 0 Å². The molecule has 0 spiro atoms. The van der Waals surface area contributed by atoms with Gasteiger partial charge in [0, 0.05) is 29.5 Å². The van der Waals surface area contributed by atoms with E-state index in [-0.39, 0.29) is 18.4 Å². The largest absolute Gasteiger partial charge is 0.497 e. The molecule has 0 bridgehead atoms. The summed E-state index contributed by atoms with van der Waals surface area (Å²) in [7, 11) is 3.20. The van der Waals surface area contributed by atoms with Crippen molar-refractivity contribution < 1.29 is 19.1 Å². The van der Waals surface area contributed by atoms with Crippen LogP contribution in [0.1, 0.15) is 30.5 Å². The first-order valence-electron chi connectivity index (χ1n) is 9.44. The molecule has 2 amide bonds. The molecule has 29 heavy (non-hydrogen) atoms. The van der Waals surface area contributed by atoms with Gasteiger partial charge in [-0.3, -0.25) is 9.59 Å². The molecule has 7 nitrogen and oxygen atoms in total. The summed E-state index contributed by atoms with van der Waals surface area (Å²) in [5.41, 5.74) is 3.65. The maximum atomic E-state index is 12.4. The van der Waals surface area contributed by atoms with E-state index < -0.39 is 5.41 Å². The van der Waals surface area contributed by atoms with Crippen LogP contribution in [0.2, 0.25) is 0 Å². The zero-order valence-electron chi connectivity index (χ0n) is 17.4.